The predicted molar refractivity (Wildman–Crippen MR) is 200 cm³/mol. The fourth-order valence-corrected chi connectivity index (χ4v) is 7.87. The van der Waals surface area contributed by atoms with Crippen LogP contribution in [0, 0.1) is 0 Å². The molecule has 9 rings (SSSR count). The third-order valence-electron chi connectivity index (χ3n) is 10.1. The highest BCUT2D eigenvalue weighted by atomic mass is 15.3. The molecular weight excluding hydrogens is 595 g/mol. The predicted octanol–water partition coefficient (Wildman–Crippen LogP) is 10.1. The van der Waals surface area contributed by atoms with Crippen molar-refractivity contribution in [3.63, 3.8) is 0 Å². The van der Waals surface area contributed by atoms with Crippen LogP contribution in [0.5, 0.6) is 0 Å². The zero-order valence-electron chi connectivity index (χ0n) is 27.0. The van der Waals surface area contributed by atoms with E-state index in [-0.39, 0.29) is 12.3 Å². The van der Waals surface area contributed by atoms with Crippen LogP contribution in [0.4, 0.5) is 0 Å². The van der Waals surface area contributed by atoms with Gasteiger partial charge in [0.05, 0.1) is 5.41 Å². The van der Waals surface area contributed by atoms with Gasteiger partial charge >= 0.3 is 0 Å². The minimum Gasteiger partial charge on any atom is -0.350 e. The van der Waals surface area contributed by atoms with Crippen molar-refractivity contribution in [3.8, 4) is 22.3 Å². The Kier molecular flexibility index (Phi) is 7.26. The zero-order valence-corrected chi connectivity index (χ0v) is 27.0. The first kappa shape index (κ1) is 29.1. The molecule has 2 aliphatic rings. The van der Waals surface area contributed by atoms with Gasteiger partial charge in [-0.25, -0.2) is 4.99 Å². The number of hydrogen-bond acceptors (Lipinski definition) is 3. The van der Waals surface area contributed by atoms with E-state index in [2.05, 4.69) is 193 Å². The van der Waals surface area contributed by atoms with Crippen molar-refractivity contribution in [1.29, 1.82) is 0 Å². The quantitative estimate of drug-likeness (QED) is 0.192. The molecular formula is C46H35N3. The van der Waals surface area contributed by atoms with E-state index >= 15 is 0 Å². The molecule has 7 aromatic rings. The summed E-state index contributed by atoms with van der Waals surface area (Å²) in [4.78, 5) is 5.17. The van der Waals surface area contributed by atoms with E-state index < -0.39 is 5.41 Å². The topological polar surface area (TPSA) is 36.4 Å². The van der Waals surface area contributed by atoms with Crippen molar-refractivity contribution < 1.29 is 0 Å². The van der Waals surface area contributed by atoms with E-state index in [0.29, 0.717) is 0 Å². The highest BCUT2D eigenvalue weighted by Gasteiger charge is 2.46. The monoisotopic (exact) mass is 629 g/mol. The van der Waals surface area contributed by atoms with Crippen LogP contribution < -0.4 is 10.6 Å². The summed E-state index contributed by atoms with van der Waals surface area (Å²) in [6.45, 7) is 0. The van der Waals surface area contributed by atoms with E-state index in [1.165, 1.54) is 50.1 Å². The van der Waals surface area contributed by atoms with Crippen LogP contribution in [0.2, 0.25) is 0 Å². The molecule has 0 amide bonds. The van der Waals surface area contributed by atoms with Crippen molar-refractivity contribution in [2.24, 2.45) is 4.99 Å². The minimum absolute atomic E-state index is 0.0726. The van der Waals surface area contributed by atoms with Crippen LogP contribution in [0.3, 0.4) is 0 Å². The lowest BCUT2D eigenvalue weighted by Gasteiger charge is -2.34. The molecule has 2 atom stereocenters. The van der Waals surface area contributed by atoms with Crippen molar-refractivity contribution in [1.82, 2.24) is 10.6 Å². The number of aliphatic imine (C=N–C) groups is 1. The fourth-order valence-electron chi connectivity index (χ4n) is 7.87. The molecule has 0 saturated heterocycles. The van der Waals surface area contributed by atoms with Gasteiger partial charge in [-0.3, -0.25) is 5.32 Å². The number of nitrogens with zero attached hydrogens (tertiary/aromatic N) is 1. The molecule has 0 bridgehead atoms. The SMILES string of the molecule is c1ccc(C2=NC(c3ccc(-c4cccc5c4-c4ccccc4C5(c4ccccc4)c4ccccc4)cc3)NC(c3ccccc3)N2)cc1. The van der Waals surface area contributed by atoms with Gasteiger partial charge in [-0.1, -0.05) is 188 Å². The summed E-state index contributed by atoms with van der Waals surface area (Å²) in [6, 6.07) is 67.6. The molecule has 0 fully saturated rings. The number of benzene rings is 7. The first-order chi connectivity index (χ1) is 24.3. The molecule has 0 radical (unpaired) electrons. The molecule has 0 spiro atoms. The molecule has 2 N–H and O–H groups in total. The van der Waals surface area contributed by atoms with Gasteiger partial charge in [-0.05, 0) is 55.6 Å². The number of fused-ring (bicyclic) bond motifs is 3. The maximum Gasteiger partial charge on any atom is 0.131 e. The van der Waals surface area contributed by atoms with Crippen molar-refractivity contribution >= 4 is 5.84 Å². The Balaban J connectivity index is 1.16. The van der Waals surface area contributed by atoms with E-state index in [9.17, 15) is 0 Å². The Morgan fingerprint density at radius 3 is 1.65 bits per heavy atom. The van der Waals surface area contributed by atoms with Gasteiger partial charge in [0.1, 0.15) is 18.2 Å². The maximum absolute atomic E-state index is 5.17. The van der Waals surface area contributed by atoms with Crippen LogP contribution in [0.15, 0.2) is 193 Å². The first-order valence-electron chi connectivity index (χ1n) is 17.0. The molecule has 0 aromatic heterocycles. The average molecular weight is 630 g/mol. The van der Waals surface area contributed by atoms with Crippen molar-refractivity contribution in [3.05, 3.63) is 227 Å². The lowest BCUT2D eigenvalue weighted by molar-refractivity contribution is 0.409. The lowest BCUT2D eigenvalue weighted by atomic mass is 9.67. The fraction of sp³-hybridized carbons (Fsp3) is 0.0652. The molecule has 1 aliphatic carbocycles. The van der Waals surface area contributed by atoms with E-state index in [4.69, 9.17) is 4.99 Å². The molecule has 1 heterocycles. The Morgan fingerprint density at radius 1 is 0.429 bits per heavy atom. The lowest BCUT2D eigenvalue weighted by Crippen LogP contribution is -2.44. The summed E-state index contributed by atoms with van der Waals surface area (Å²) in [7, 11) is 0. The molecule has 0 saturated carbocycles. The Morgan fingerprint density at radius 2 is 0.980 bits per heavy atom. The van der Waals surface area contributed by atoms with Gasteiger partial charge in [-0.2, -0.15) is 0 Å². The minimum atomic E-state index is -0.418. The van der Waals surface area contributed by atoms with Gasteiger partial charge in [0.15, 0.2) is 0 Å². The van der Waals surface area contributed by atoms with E-state index in [1.807, 2.05) is 6.07 Å². The smallest absolute Gasteiger partial charge is 0.131 e. The molecule has 7 aromatic carbocycles. The number of amidine groups is 1. The van der Waals surface area contributed by atoms with Crippen LogP contribution in [-0.2, 0) is 5.41 Å². The summed E-state index contributed by atoms with van der Waals surface area (Å²) in [5.74, 6) is 0.887. The van der Waals surface area contributed by atoms with Gasteiger partial charge < -0.3 is 5.32 Å². The molecule has 3 nitrogen and oxygen atoms in total. The van der Waals surface area contributed by atoms with Gasteiger partial charge in [0.2, 0.25) is 0 Å². The highest BCUT2D eigenvalue weighted by Crippen LogP contribution is 2.58. The Bertz CT molecular complexity index is 2220. The summed E-state index contributed by atoms with van der Waals surface area (Å²) >= 11 is 0. The average Bonchev–Trinajstić information content (AvgIpc) is 3.50. The molecule has 2 unspecified atom stereocenters. The largest absolute Gasteiger partial charge is 0.350 e. The standard InChI is InChI=1S/C46H35N3/c1-5-16-33(17-6-1)43-47-44(34-18-7-2-8-19-34)49-45(48-43)35-30-28-32(29-31-35)38-25-15-27-41-42(38)39-24-13-14-26-40(39)46(41,36-20-9-3-10-21-36)37-22-11-4-12-23-37/h1-31,43,45,48H,(H,47,49). The Labute approximate surface area is 287 Å². The van der Waals surface area contributed by atoms with E-state index in [1.54, 1.807) is 0 Å². The molecule has 234 valence electrons. The van der Waals surface area contributed by atoms with Gasteiger partial charge in [0.25, 0.3) is 0 Å². The first-order valence-corrected chi connectivity index (χ1v) is 17.0. The van der Waals surface area contributed by atoms with Crippen LogP contribution in [0.25, 0.3) is 22.3 Å². The summed E-state index contributed by atoms with van der Waals surface area (Å²) in [5, 5.41) is 7.38. The van der Waals surface area contributed by atoms with Crippen LogP contribution >= 0.6 is 0 Å². The second-order valence-corrected chi connectivity index (χ2v) is 12.8. The van der Waals surface area contributed by atoms with Crippen molar-refractivity contribution in [2.45, 2.75) is 17.7 Å². The normalized spacial score (nSPS) is 17.3. The Hall–Kier alpha value is -6.03. The third-order valence-corrected chi connectivity index (χ3v) is 10.1. The molecule has 49 heavy (non-hydrogen) atoms. The zero-order chi connectivity index (χ0) is 32.6. The van der Waals surface area contributed by atoms with Gasteiger partial charge in [0, 0.05) is 5.56 Å². The van der Waals surface area contributed by atoms with Gasteiger partial charge in [-0.15, -0.1) is 0 Å². The second kappa shape index (κ2) is 12.2. The van der Waals surface area contributed by atoms with Crippen LogP contribution in [-0.4, -0.2) is 5.84 Å². The second-order valence-electron chi connectivity index (χ2n) is 12.8. The molecule has 1 aliphatic heterocycles. The number of nitrogens with one attached hydrogen (secondary N) is 2. The molecule has 3 heteroatoms. The summed E-state index contributed by atoms with van der Waals surface area (Å²) in [6.07, 6.45) is -0.279. The van der Waals surface area contributed by atoms with Crippen LogP contribution in [0.1, 0.15) is 51.3 Å². The third kappa shape index (κ3) is 4.90. The highest BCUT2D eigenvalue weighted by molar-refractivity contribution is 5.99. The van der Waals surface area contributed by atoms with Crippen molar-refractivity contribution in [2.75, 3.05) is 0 Å². The number of rotatable bonds is 6. The number of hydrogen-bond donors (Lipinski definition) is 2. The van der Waals surface area contributed by atoms with E-state index in [0.717, 1.165) is 17.0 Å². The summed E-state index contributed by atoms with van der Waals surface area (Å²) < 4.78 is 0. The summed E-state index contributed by atoms with van der Waals surface area (Å²) in [5.41, 5.74) is 13.1. The maximum atomic E-state index is 5.17.